The van der Waals surface area contributed by atoms with Crippen molar-refractivity contribution in [3.63, 3.8) is 0 Å². The molecule has 1 aliphatic carbocycles. The number of hydrogen-bond donors (Lipinski definition) is 1. The van der Waals surface area contributed by atoms with Gasteiger partial charge in [0, 0.05) is 13.1 Å². The summed E-state index contributed by atoms with van der Waals surface area (Å²) < 4.78 is 5.44. The molecule has 1 saturated carbocycles. The molecule has 0 aliphatic heterocycles. The van der Waals surface area contributed by atoms with Gasteiger partial charge in [-0.2, -0.15) is 0 Å². The van der Waals surface area contributed by atoms with Crippen LogP contribution in [0.1, 0.15) is 31.2 Å². The molecular weight excluding hydrogens is 226 g/mol. The number of aryl methyl sites for hydroxylation is 1. The molecule has 0 bridgehead atoms. The van der Waals surface area contributed by atoms with Crippen molar-refractivity contribution in [1.82, 2.24) is 0 Å². The maximum atomic E-state index is 9.58. The first-order valence-corrected chi connectivity index (χ1v) is 6.67. The lowest BCUT2D eigenvalue weighted by Gasteiger charge is -2.35. The fourth-order valence-electron chi connectivity index (χ4n) is 2.72. The number of methoxy groups -OCH3 is 1. The van der Waals surface area contributed by atoms with Crippen molar-refractivity contribution in [2.45, 2.75) is 44.8 Å². The highest BCUT2D eigenvalue weighted by atomic mass is 16.5. The lowest BCUT2D eigenvalue weighted by molar-refractivity contribution is 0.122. The minimum absolute atomic E-state index is 0.103. The zero-order valence-corrected chi connectivity index (χ0v) is 11.5. The van der Waals surface area contributed by atoms with E-state index < -0.39 is 0 Å². The number of rotatable bonds is 3. The largest absolute Gasteiger partial charge is 0.495 e. The highest BCUT2D eigenvalue weighted by Crippen LogP contribution is 2.33. The lowest BCUT2D eigenvalue weighted by Crippen LogP contribution is -2.36. The van der Waals surface area contributed by atoms with Crippen molar-refractivity contribution in [3.8, 4) is 5.75 Å². The molecule has 2 rings (SSSR count). The van der Waals surface area contributed by atoms with Gasteiger partial charge < -0.3 is 14.7 Å². The quantitative estimate of drug-likeness (QED) is 0.894. The minimum atomic E-state index is -0.103. The Kier molecular flexibility index (Phi) is 4.12. The summed E-state index contributed by atoms with van der Waals surface area (Å²) in [5, 5.41) is 9.58. The summed E-state index contributed by atoms with van der Waals surface area (Å²) >= 11 is 0. The third-order valence-corrected chi connectivity index (χ3v) is 3.93. The Balaban J connectivity index is 2.17. The number of benzene rings is 1. The molecule has 3 nitrogen and oxygen atoms in total. The van der Waals surface area contributed by atoms with Crippen LogP contribution >= 0.6 is 0 Å². The molecule has 0 spiro atoms. The van der Waals surface area contributed by atoms with Crippen LogP contribution in [0.4, 0.5) is 5.69 Å². The maximum absolute atomic E-state index is 9.58. The van der Waals surface area contributed by atoms with E-state index in [-0.39, 0.29) is 6.10 Å². The van der Waals surface area contributed by atoms with Gasteiger partial charge in [0.1, 0.15) is 5.75 Å². The summed E-state index contributed by atoms with van der Waals surface area (Å²) in [5.41, 5.74) is 2.40. The summed E-state index contributed by atoms with van der Waals surface area (Å²) in [4.78, 5) is 2.30. The Bertz CT molecular complexity index is 397. The van der Waals surface area contributed by atoms with Crippen molar-refractivity contribution in [2.75, 3.05) is 19.1 Å². The monoisotopic (exact) mass is 249 g/mol. The molecule has 0 heterocycles. The van der Waals surface area contributed by atoms with E-state index in [0.717, 1.165) is 37.1 Å². The van der Waals surface area contributed by atoms with Crippen molar-refractivity contribution >= 4 is 5.69 Å². The van der Waals surface area contributed by atoms with Gasteiger partial charge in [0.05, 0.1) is 18.9 Å². The van der Waals surface area contributed by atoms with E-state index in [2.05, 4.69) is 31.0 Å². The maximum Gasteiger partial charge on any atom is 0.142 e. The van der Waals surface area contributed by atoms with Crippen molar-refractivity contribution in [1.29, 1.82) is 0 Å². The molecule has 1 fully saturated rings. The summed E-state index contributed by atoms with van der Waals surface area (Å²) in [6.45, 7) is 2.10. The number of aliphatic hydroxyl groups excluding tert-OH is 1. The normalized spacial score (nSPS) is 23.8. The third-order valence-electron chi connectivity index (χ3n) is 3.93. The Morgan fingerprint density at radius 1 is 1.22 bits per heavy atom. The molecule has 100 valence electrons. The van der Waals surface area contributed by atoms with E-state index >= 15 is 0 Å². The van der Waals surface area contributed by atoms with Crippen LogP contribution in [0.3, 0.4) is 0 Å². The molecule has 0 aromatic heterocycles. The number of anilines is 1. The number of ether oxygens (including phenoxy) is 1. The van der Waals surface area contributed by atoms with Gasteiger partial charge in [-0.15, -0.1) is 0 Å². The van der Waals surface area contributed by atoms with Crippen LogP contribution in [0.5, 0.6) is 5.75 Å². The average molecular weight is 249 g/mol. The average Bonchev–Trinajstić information content (AvgIpc) is 2.39. The Hall–Kier alpha value is -1.22. The van der Waals surface area contributed by atoms with Gasteiger partial charge in [-0.3, -0.25) is 0 Å². The van der Waals surface area contributed by atoms with E-state index in [1.54, 1.807) is 7.11 Å². The van der Waals surface area contributed by atoms with Crippen LogP contribution in [0.15, 0.2) is 18.2 Å². The lowest BCUT2D eigenvalue weighted by atomic mass is 9.92. The van der Waals surface area contributed by atoms with Crippen LogP contribution in [0, 0.1) is 6.92 Å². The second-order valence-electron chi connectivity index (χ2n) is 5.25. The van der Waals surface area contributed by atoms with Crippen LogP contribution in [0.2, 0.25) is 0 Å². The first-order valence-electron chi connectivity index (χ1n) is 6.67. The van der Waals surface area contributed by atoms with Gasteiger partial charge in [-0.25, -0.2) is 0 Å². The van der Waals surface area contributed by atoms with E-state index in [1.165, 1.54) is 5.56 Å². The summed E-state index contributed by atoms with van der Waals surface area (Å²) in [5.74, 6) is 0.925. The van der Waals surface area contributed by atoms with E-state index in [4.69, 9.17) is 4.74 Å². The van der Waals surface area contributed by atoms with E-state index in [0.29, 0.717) is 6.04 Å². The van der Waals surface area contributed by atoms with Gasteiger partial charge in [0.25, 0.3) is 0 Å². The Morgan fingerprint density at radius 2 is 1.89 bits per heavy atom. The first-order chi connectivity index (χ1) is 8.61. The van der Waals surface area contributed by atoms with Crippen molar-refractivity contribution < 1.29 is 9.84 Å². The van der Waals surface area contributed by atoms with E-state index in [1.807, 2.05) is 6.07 Å². The second-order valence-corrected chi connectivity index (χ2v) is 5.25. The molecule has 1 aliphatic rings. The zero-order valence-electron chi connectivity index (χ0n) is 11.5. The fraction of sp³-hybridized carbons (Fsp3) is 0.600. The number of hydrogen-bond acceptors (Lipinski definition) is 3. The van der Waals surface area contributed by atoms with Gasteiger partial charge in [0.2, 0.25) is 0 Å². The topological polar surface area (TPSA) is 32.7 Å². The number of aliphatic hydroxyl groups is 1. The van der Waals surface area contributed by atoms with Crippen molar-refractivity contribution in [2.24, 2.45) is 0 Å². The fourth-order valence-corrected chi connectivity index (χ4v) is 2.72. The standard InChI is InChI=1S/C15H23NO2/c1-11-4-9-15(18-3)14(10-11)16(2)12-5-7-13(17)8-6-12/h4,9-10,12-13,17H,5-8H2,1-3H3. The SMILES string of the molecule is COc1ccc(C)cc1N(C)C1CCC(O)CC1. The molecular formula is C15H23NO2. The summed E-state index contributed by atoms with van der Waals surface area (Å²) in [6.07, 6.45) is 3.81. The van der Waals surface area contributed by atoms with Crippen LogP contribution in [0.25, 0.3) is 0 Å². The predicted molar refractivity (Wildman–Crippen MR) is 74.4 cm³/mol. The molecule has 1 N–H and O–H groups in total. The smallest absolute Gasteiger partial charge is 0.142 e. The molecule has 0 amide bonds. The number of nitrogens with zero attached hydrogens (tertiary/aromatic N) is 1. The molecule has 1 aromatic carbocycles. The van der Waals surface area contributed by atoms with Gasteiger partial charge >= 0.3 is 0 Å². The molecule has 0 saturated heterocycles. The highest BCUT2D eigenvalue weighted by Gasteiger charge is 2.24. The van der Waals surface area contributed by atoms with Gasteiger partial charge in [0.15, 0.2) is 0 Å². The summed E-state index contributed by atoms with van der Waals surface area (Å²) in [6, 6.07) is 6.77. The van der Waals surface area contributed by atoms with Gasteiger partial charge in [-0.1, -0.05) is 6.07 Å². The first kappa shape index (κ1) is 13.2. The molecule has 18 heavy (non-hydrogen) atoms. The highest BCUT2D eigenvalue weighted by molar-refractivity contribution is 5.60. The van der Waals surface area contributed by atoms with Crippen molar-refractivity contribution in [3.05, 3.63) is 23.8 Å². The zero-order chi connectivity index (χ0) is 13.1. The third kappa shape index (κ3) is 2.78. The van der Waals surface area contributed by atoms with Crippen LogP contribution < -0.4 is 9.64 Å². The minimum Gasteiger partial charge on any atom is -0.495 e. The van der Waals surface area contributed by atoms with Crippen LogP contribution in [-0.2, 0) is 0 Å². The molecule has 3 heteroatoms. The van der Waals surface area contributed by atoms with Gasteiger partial charge in [-0.05, 0) is 50.3 Å². The molecule has 0 radical (unpaired) electrons. The molecule has 0 atom stereocenters. The Morgan fingerprint density at radius 3 is 2.50 bits per heavy atom. The van der Waals surface area contributed by atoms with E-state index in [9.17, 15) is 5.11 Å². The molecule has 1 aromatic rings. The van der Waals surface area contributed by atoms with Crippen LogP contribution in [-0.4, -0.2) is 31.4 Å². The predicted octanol–water partition coefficient (Wildman–Crippen LogP) is 2.74. The Labute approximate surface area is 109 Å². The second kappa shape index (κ2) is 5.61. The summed E-state index contributed by atoms with van der Waals surface area (Å²) in [7, 11) is 3.84. The molecule has 0 unspecified atom stereocenters.